The lowest BCUT2D eigenvalue weighted by Gasteiger charge is -2.23. The summed E-state index contributed by atoms with van der Waals surface area (Å²) >= 11 is 0. The summed E-state index contributed by atoms with van der Waals surface area (Å²) in [6, 6.07) is 10.6. The molecular weight excluding hydrogens is 374 g/mol. The molecule has 1 atom stereocenters. The molecule has 158 valence electrons. The van der Waals surface area contributed by atoms with E-state index in [0.717, 1.165) is 5.56 Å². The van der Waals surface area contributed by atoms with Crippen LogP contribution in [0, 0.1) is 0 Å². The standard InChI is InChI=1S/C22H29NO6/c1-15(24)16-6-9-19(10-7-16)29-14-18(25)13-23(2)12-17-8-11-20(26-3)22(28-5)21(17)27-4/h6-11,18,25H,12-14H2,1-5H3. The molecule has 0 aliphatic carbocycles. The number of carbonyl (C=O) groups is 1. The van der Waals surface area contributed by atoms with Crippen LogP contribution in [0.25, 0.3) is 0 Å². The summed E-state index contributed by atoms with van der Waals surface area (Å²) < 4.78 is 21.8. The summed E-state index contributed by atoms with van der Waals surface area (Å²) in [5.41, 5.74) is 1.54. The first-order valence-corrected chi connectivity index (χ1v) is 9.27. The first-order valence-electron chi connectivity index (χ1n) is 9.27. The van der Waals surface area contributed by atoms with Gasteiger partial charge < -0.3 is 24.1 Å². The topological polar surface area (TPSA) is 77.5 Å². The van der Waals surface area contributed by atoms with E-state index in [9.17, 15) is 9.90 Å². The number of carbonyl (C=O) groups excluding carboxylic acids is 1. The predicted molar refractivity (Wildman–Crippen MR) is 110 cm³/mol. The van der Waals surface area contributed by atoms with E-state index in [1.54, 1.807) is 45.6 Å². The Morgan fingerprint density at radius 1 is 1.00 bits per heavy atom. The van der Waals surface area contributed by atoms with Crippen molar-refractivity contribution in [1.82, 2.24) is 4.90 Å². The van der Waals surface area contributed by atoms with Gasteiger partial charge in [0, 0.05) is 24.2 Å². The third kappa shape index (κ3) is 6.10. The Labute approximate surface area is 171 Å². The van der Waals surface area contributed by atoms with Gasteiger partial charge in [-0.3, -0.25) is 9.69 Å². The van der Waals surface area contributed by atoms with Crippen molar-refractivity contribution in [3.05, 3.63) is 47.5 Å². The van der Waals surface area contributed by atoms with Crippen LogP contribution in [0.3, 0.4) is 0 Å². The van der Waals surface area contributed by atoms with Crippen molar-refractivity contribution < 1.29 is 28.8 Å². The molecular formula is C22H29NO6. The molecule has 1 unspecified atom stereocenters. The van der Waals surface area contributed by atoms with Crippen molar-refractivity contribution in [3.8, 4) is 23.0 Å². The minimum absolute atomic E-state index is 0.00352. The number of ketones is 1. The van der Waals surface area contributed by atoms with E-state index < -0.39 is 6.10 Å². The van der Waals surface area contributed by atoms with Crippen LogP contribution in [0.5, 0.6) is 23.0 Å². The van der Waals surface area contributed by atoms with Crippen molar-refractivity contribution in [2.24, 2.45) is 0 Å². The van der Waals surface area contributed by atoms with Gasteiger partial charge >= 0.3 is 0 Å². The summed E-state index contributed by atoms with van der Waals surface area (Å²) in [5, 5.41) is 10.3. The first kappa shape index (κ1) is 22.5. The Kier molecular flexibility index (Phi) is 8.30. The molecule has 29 heavy (non-hydrogen) atoms. The number of aliphatic hydroxyl groups excluding tert-OH is 1. The largest absolute Gasteiger partial charge is 0.493 e. The molecule has 2 aromatic rings. The van der Waals surface area contributed by atoms with Crippen LogP contribution in [-0.2, 0) is 6.54 Å². The van der Waals surface area contributed by atoms with Gasteiger partial charge in [-0.25, -0.2) is 0 Å². The Balaban J connectivity index is 1.93. The average molecular weight is 403 g/mol. The summed E-state index contributed by atoms with van der Waals surface area (Å²) in [6.45, 7) is 2.62. The zero-order valence-corrected chi connectivity index (χ0v) is 17.6. The van der Waals surface area contributed by atoms with E-state index in [0.29, 0.717) is 41.7 Å². The van der Waals surface area contributed by atoms with Gasteiger partial charge in [-0.2, -0.15) is 0 Å². The third-order valence-corrected chi connectivity index (χ3v) is 4.45. The minimum Gasteiger partial charge on any atom is -0.493 e. The second kappa shape index (κ2) is 10.7. The van der Waals surface area contributed by atoms with Crippen LogP contribution in [0.1, 0.15) is 22.8 Å². The second-order valence-corrected chi connectivity index (χ2v) is 6.74. The average Bonchev–Trinajstić information content (AvgIpc) is 2.71. The predicted octanol–water partition coefficient (Wildman–Crippen LogP) is 2.79. The van der Waals surface area contributed by atoms with Crippen molar-refractivity contribution in [2.75, 3.05) is 41.5 Å². The van der Waals surface area contributed by atoms with E-state index in [2.05, 4.69) is 0 Å². The minimum atomic E-state index is -0.682. The zero-order valence-electron chi connectivity index (χ0n) is 17.6. The lowest BCUT2D eigenvalue weighted by Crippen LogP contribution is -2.32. The molecule has 2 aromatic carbocycles. The van der Waals surface area contributed by atoms with Gasteiger partial charge in [0.1, 0.15) is 18.5 Å². The fourth-order valence-electron chi connectivity index (χ4n) is 3.03. The van der Waals surface area contributed by atoms with Crippen LogP contribution < -0.4 is 18.9 Å². The van der Waals surface area contributed by atoms with Crippen LogP contribution in [0.15, 0.2) is 36.4 Å². The number of likely N-dealkylation sites (N-methyl/N-ethyl adjacent to an activating group) is 1. The SMILES string of the molecule is COc1ccc(CN(C)CC(O)COc2ccc(C(C)=O)cc2)c(OC)c1OC. The molecule has 0 bridgehead atoms. The Morgan fingerprint density at radius 2 is 1.66 bits per heavy atom. The maximum absolute atomic E-state index is 11.3. The summed E-state index contributed by atoms with van der Waals surface area (Å²) in [6.07, 6.45) is -0.682. The summed E-state index contributed by atoms with van der Waals surface area (Å²) in [7, 11) is 6.63. The Bertz CT molecular complexity index is 806. The molecule has 0 amide bonds. The molecule has 0 aliphatic heterocycles. The number of nitrogens with zero attached hydrogens (tertiary/aromatic N) is 1. The van der Waals surface area contributed by atoms with Gasteiger partial charge in [-0.15, -0.1) is 0 Å². The summed E-state index contributed by atoms with van der Waals surface area (Å²) in [4.78, 5) is 13.3. The fraction of sp³-hybridized carbons (Fsp3) is 0.409. The smallest absolute Gasteiger partial charge is 0.203 e. The van der Waals surface area contributed by atoms with Gasteiger partial charge in [-0.1, -0.05) is 6.07 Å². The lowest BCUT2D eigenvalue weighted by atomic mass is 10.1. The first-order chi connectivity index (χ1) is 13.9. The van der Waals surface area contributed by atoms with Gasteiger partial charge in [0.2, 0.25) is 5.75 Å². The highest BCUT2D eigenvalue weighted by atomic mass is 16.5. The maximum atomic E-state index is 11.3. The molecule has 2 rings (SSSR count). The number of hydrogen-bond acceptors (Lipinski definition) is 7. The number of aliphatic hydroxyl groups is 1. The van der Waals surface area contributed by atoms with E-state index in [-0.39, 0.29) is 12.4 Å². The molecule has 0 saturated heterocycles. The highest BCUT2D eigenvalue weighted by Gasteiger charge is 2.18. The van der Waals surface area contributed by atoms with Crippen LogP contribution >= 0.6 is 0 Å². The summed E-state index contributed by atoms with van der Waals surface area (Å²) in [5.74, 6) is 2.36. The van der Waals surface area contributed by atoms with Gasteiger partial charge in [0.15, 0.2) is 17.3 Å². The van der Waals surface area contributed by atoms with Crippen molar-refractivity contribution in [1.29, 1.82) is 0 Å². The molecule has 0 saturated carbocycles. The van der Waals surface area contributed by atoms with E-state index in [1.165, 1.54) is 6.92 Å². The maximum Gasteiger partial charge on any atom is 0.203 e. The van der Waals surface area contributed by atoms with Crippen molar-refractivity contribution >= 4 is 5.78 Å². The number of benzene rings is 2. The monoisotopic (exact) mass is 403 g/mol. The molecule has 0 aromatic heterocycles. The van der Waals surface area contributed by atoms with E-state index in [1.807, 2.05) is 24.1 Å². The van der Waals surface area contributed by atoms with Crippen molar-refractivity contribution in [3.63, 3.8) is 0 Å². The fourth-order valence-corrected chi connectivity index (χ4v) is 3.03. The molecule has 0 fully saturated rings. The highest BCUT2D eigenvalue weighted by Crippen LogP contribution is 2.40. The molecule has 0 radical (unpaired) electrons. The molecule has 1 N–H and O–H groups in total. The second-order valence-electron chi connectivity index (χ2n) is 6.74. The van der Waals surface area contributed by atoms with Gasteiger partial charge in [0.25, 0.3) is 0 Å². The number of methoxy groups -OCH3 is 3. The van der Waals surface area contributed by atoms with Gasteiger partial charge in [0.05, 0.1) is 21.3 Å². The lowest BCUT2D eigenvalue weighted by molar-refractivity contribution is 0.0741. The normalized spacial score (nSPS) is 11.8. The highest BCUT2D eigenvalue weighted by molar-refractivity contribution is 5.94. The Morgan fingerprint density at radius 3 is 2.21 bits per heavy atom. The van der Waals surface area contributed by atoms with E-state index in [4.69, 9.17) is 18.9 Å². The number of rotatable bonds is 11. The molecule has 0 spiro atoms. The number of hydrogen-bond donors (Lipinski definition) is 1. The number of ether oxygens (including phenoxy) is 4. The Hall–Kier alpha value is -2.77. The van der Waals surface area contributed by atoms with Crippen LogP contribution in [-0.4, -0.2) is 63.4 Å². The third-order valence-electron chi connectivity index (χ3n) is 4.45. The number of Topliss-reactive ketones (excluding diaryl/α,β-unsaturated/α-hetero) is 1. The van der Waals surface area contributed by atoms with Crippen LogP contribution in [0.4, 0.5) is 0 Å². The van der Waals surface area contributed by atoms with Crippen molar-refractivity contribution in [2.45, 2.75) is 19.6 Å². The molecule has 7 nitrogen and oxygen atoms in total. The molecule has 0 aliphatic rings. The zero-order chi connectivity index (χ0) is 21.4. The quantitative estimate of drug-likeness (QED) is 0.578. The molecule has 7 heteroatoms. The van der Waals surface area contributed by atoms with Crippen LogP contribution in [0.2, 0.25) is 0 Å². The van der Waals surface area contributed by atoms with Gasteiger partial charge in [-0.05, 0) is 44.3 Å². The van der Waals surface area contributed by atoms with E-state index >= 15 is 0 Å². The molecule has 0 heterocycles.